The molecule has 0 heterocycles. The van der Waals surface area contributed by atoms with E-state index in [4.69, 9.17) is 0 Å². The first kappa shape index (κ1) is 21.1. The van der Waals surface area contributed by atoms with Gasteiger partial charge in [-0.15, -0.1) is 24.0 Å². The van der Waals surface area contributed by atoms with Gasteiger partial charge in [0.05, 0.1) is 6.26 Å². The van der Waals surface area contributed by atoms with E-state index >= 15 is 0 Å². The monoisotopic (exact) mass is 440 g/mol. The normalized spacial score (nSPS) is 11.7. The third-order valence-corrected chi connectivity index (χ3v) is 3.57. The van der Waals surface area contributed by atoms with Crippen LogP contribution in [0.5, 0.6) is 0 Å². The van der Waals surface area contributed by atoms with Crippen LogP contribution in [0.2, 0.25) is 0 Å². The molecule has 0 aliphatic rings. The summed E-state index contributed by atoms with van der Waals surface area (Å²) in [6.45, 7) is 1.85. The van der Waals surface area contributed by atoms with Crippen molar-refractivity contribution in [2.75, 3.05) is 33.4 Å². The number of nitrogens with zero attached hydrogens (tertiary/aromatic N) is 2. The first-order chi connectivity index (χ1) is 9.92. The van der Waals surface area contributed by atoms with Gasteiger partial charge in [-0.3, -0.25) is 4.99 Å². The minimum Gasteiger partial charge on any atom is -0.356 e. The Labute approximate surface area is 150 Å². The van der Waals surface area contributed by atoms with E-state index in [-0.39, 0.29) is 24.0 Å². The van der Waals surface area contributed by atoms with Crippen LogP contribution in [-0.4, -0.2) is 52.7 Å². The van der Waals surface area contributed by atoms with Crippen LogP contribution < -0.4 is 10.0 Å². The largest absolute Gasteiger partial charge is 0.356 e. The van der Waals surface area contributed by atoms with E-state index in [9.17, 15) is 8.42 Å². The lowest BCUT2D eigenvalue weighted by molar-refractivity contribution is 0.475. The zero-order valence-electron chi connectivity index (χ0n) is 13.2. The van der Waals surface area contributed by atoms with E-state index in [0.717, 1.165) is 18.8 Å². The summed E-state index contributed by atoms with van der Waals surface area (Å²) in [4.78, 5) is 6.25. The Morgan fingerprint density at radius 3 is 2.41 bits per heavy atom. The van der Waals surface area contributed by atoms with Gasteiger partial charge in [-0.2, -0.15) is 0 Å². The maximum Gasteiger partial charge on any atom is 0.208 e. The van der Waals surface area contributed by atoms with Gasteiger partial charge in [-0.25, -0.2) is 13.1 Å². The van der Waals surface area contributed by atoms with Gasteiger partial charge in [0.2, 0.25) is 10.0 Å². The minimum atomic E-state index is -3.11. The highest BCUT2D eigenvalue weighted by Crippen LogP contribution is 2.02. The van der Waals surface area contributed by atoms with Crippen LogP contribution in [0, 0.1) is 0 Å². The second-order valence-electron chi connectivity index (χ2n) is 4.84. The number of nitrogens with one attached hydrogen (secondary N) is 2. The zero-order valence-corrected chi connectivity index (χ0v) is 16.4. The highest BCUT2D eigenvalue weighted by molar-refractivity contribution is 14.0. The van der Waals surface area contributed by atoms with E-state index in [0.29, 0.717) is 19.5 Å². The van der Waals surface area contributed by atoms with Crippen LogP contribution >= 0.6 is 24.0 Å². The number of sulfonamides is 1. The van der Waals surface area contributed by atoms with Gasteiger partial charge in [-0.05, 0) is 12.0 Å². The quantitative estimate of drug-likeness (QED) is 0.290. The molecule has 0 atom stereocenters. The summed E-state index contributed by atoms with van der Waals surface area (Å²) in [6, 6.07) is 10.2. The number of benzene rings is 1. The number of guanidine groups is 1. The molecule has 0 unspecified atom stereocenters. The molecule has 0 spiro atoms. The lowest BCUT2D eigenvalue weighted by atomic mass is 10.2. The minimum absolute atomic E-state index is 0. The first-order valence-electron chi connectivity index (χ1n) is 6.82. The van der Waals surface area contributed by atoms with Crippen molar-refractivity contribution in [2.45, 2.75) is 13.0 Å². The molecular formula is C14H25IN4O2S. The third-order valence-electron chi connectivity index (χ3n) is 2.84. The second-order valence-corrected chi connectivity index (χ2v) is 6.67. The predicted octanol–water partition coefficient (Wildman–Crippen LogP) is 1.25. The van der Waals surface area contributed by atoms with Gasteiger partial charge in [0.25, 0.3) is 0 Å². The van der Waals surface area contributed by atoms with Crippen LogP contribution in [0.3, 0.4) is 0 Å². The molecule has 0 bridgehead atoms. The summed E-state index contributed by atoms with van der Waals surface area (Å²) in [6.07, 6.45) is 1.86. The van der Waals surface area contributed by atoms with E-state index in [1.165, 1.54) is 5.56 Å². The Kier molecular flexibility index (Phi) is 10.4. The molecule has 1 aromatic carbocycles. The molecule has 0 aromatic heterocycles. The predicted molar refractivity (Wildman–Crippen MR) is 102 cm³/mol. The number of rotatable bonds is 7. The Bertz CT molecular complexity index is 549. The van der Waals surface area contributed by atoms with Gasteiger partial charge >= 0.3 is 0 Å². The SMILES string of the molecule is CN=C(NCCCNS(C)(=O)=O)N(C)Cc1ccccc1.I. The zero-order chi connectivity index (χ0) is 15.7. The summed E-state index contributed by atoms with van der Waals surface area (Å²) in [7, 11) is 0.598. The van der Waals surface area contributed by atoms with Crippen molar-refractivity contribution in [3.8, 4) is 0 Å². The lowest BCUT2D eigenvalue weighted by Gasteiger charge is -2.22. The van der Waals surface area contributed by atoms with Crippen LogP contribution in [-0.2, 0) is 16.6 Å². The summed E-state index contributed by atoms with van der Waals surface area (Å²) >= 11 is 0. The van der Waals surface area contributed by atoms with Crippen molar-refractivity contribution in [3.63, 3.8) is 0 Å². The summed E-state index contributed by atoms with van der Waals surface area (Å²) in [5.41, 5.74) is 1.21. The Balaban J connectivity index is 0.00000441. The molecule has 0 saturated heterocycles. The molecule has 6 nitrogen and oxygen atoms in total. The third kappa shape index (κ3) is 9.21. The number of aliphatic imine (C=N–C) groups is 1. The summed E-state index contributed by atoms with van der Waals surface area (Å²) in [5.74, 6) is 0.790. The van der Waals surface area contributed by atoms with Gasteiger partial charge in [-0.1, -0.05) is 30.3 Å². The topological polar surface area (TPSA) is 73.8 Å². The molecule has 0 aliphatic carbocycles. The molecule has 1 rings (SSSR count). The average molecular weight is 440 g/mol. The summed E-state index contributed by atoms with van der Waals surface area (Å²) in [5, 5.41) is 3.22. The number of halogens is 1. The van der Waals surface area contributed by atoms with Gasteiger partial charge in [0.15, 0.2) is 5.96 Å². The van der Waals surface area contributed by atoms with Crippen molar-refractivity contribution >= 4 is 40.0 Å². The lowest BCUT2D eigenvalue weighted by Crippen LogP contribution is -2.39. The fourth-order valence-corrected chi connectivity index (χ4v) is 2.38. The van der Waals surface area contributed by atoms with Crippen LogP contribution in [0.1, 0.15) is 12.0 Å². The van der Waals surface area contributed by atoms with E-state index in [1.807, 2.05) is 30.1 Å². The highest BCUT2D eigenvalue weighted by Gasteiger charge is 2.06. The first-order valence-corrected chi connectivity index (χ1v) is 8.72. The van der Waals surface area contributed by atoms with Crippen molar-refractivity contribution in [1.29, 1.82) is 0 Å². The maximum absolute atomic E-state index is 10.9. The molecule has 2 N–H and O–H groups in total. The number of hydrogen-bond acceptors (Lipinski definition) is 3. The fraction of sp³-hybridized carbons (Fsp3) is 0.500. The van der Waals surface area contributed by atoms with Crippen LogP contribution in [0.25, 0.3) is 0 Å². The maximum atomic E-state index is 10.9. The van der Waals surface area contributed by atoms with Gasteiger partial charge < -0.3 is 10.2 Å². The molecule has 1 aromatic rings. The van der Waals surface area contributed by atoms with Gasteiger partial charge in [0, 0.05) is 33.7 Å². The Morgan fingerprint density at radius 1 is 1.23 bits per heavy atom. The molecule has 0 amide bonds. The average Bonchev–Trinajstić information content (AvgIpc) is 2.42. The Hall–Kier alpha value is -0.870. The van der Waals surface area contributed by atoms with Gasteiger partial charge in [0.1, 0.15) is 0 Å². The highest BCUT2D eigenvalue weighted by atomic mass is 127. The van der Waals surface area contributed by atoms with Crippen molar-refractivity contribution in [2.24, 2.45) is 4.99 Å². The second kappa shape index (κ2) is 10.8. The van der Waals surface area contributed by atoms with E-state index < -0.39 is 10.0 Å². The number of hydrogen-bond donors (Lipinski definition) is 2. The molecule has 0 saturated carbocycles. The van der Waals surface area contributed by atoms with E-state index in [1.54, 1.807) is 7.05 Å². The fourth-order valence-electron chi connectivity index (χ4n) is 1.86. The molecule has 0 radical (unpaired) electrons. The summed E-state index contributed by atoms with van der Waals surface area (Å²) < 4.78 is 24.3. The molecule has 0 aliphatic heterocycles. The van der Waals surface area contributed by atoms with Crippen LogP contribution in [0.15, 0.2) is 35.3 Å². The van der Waals surface area contributed by atoms with Crippen molar-refractivity contribution < 1.29 is 8.42 Å². The molecule has 0 fully saturated rings. The molecule has 126 valence electrons. The van der Waals surface area contributed by atoms with E-state index in [2.05, 4.69) is 27.2 Å². The Morgan fingerprint density at radius 2 is 1.86 bits per heavy atom. The smallest absolute Gasteiger partial charge is 0.208 e. The standard InChI is InChI=1S/C14H24N4O2S.HI/c1-15-14(16-10-7-11-17-21(3,19)20)18(2)12-13-8-5-4-6-9-13;/h4-6,8-9,17H,7,10-12H2,1-3H3,(H,15,16);1H. The van der Waals surface area contributed by atoms with Crippen molar-refractivity contribution in [3.05, 3.63) is 35.9 Å². The molecular weight excluding hydrogens is 415 g/mol. The van der Waals surface area contributed by atoms with Crippen LogP contribution in [0.4, 0.5) is 0 Å². The molecule has 8 heteroatoms. The van der Waals surface area contributed by atoms with Crippen molar-refractivity contribution in [1.82, 2.24) is 14.9 Å². The molecule has 22 heavy (non-hydrogen) atoms.